The van der Waals surface area contributed by atoms with Crippen molar-refractivity contribution in [2.45, 2.75) is 31.7 Å². The molecule has 0 aliphatic carbocycles. The summed E-state index contributed by atoms with van der Waals surface area (Å²) < 4.78 is 32.6. The lowest BCUT2D eigenvalue weighted by atomic mass is 9.99. The Labute approximate surface area is 167 Å². The molecule has 2 aromatic heterocycles. The molecule has 1 N–H and O–H groups in total. The summed E-state index contributed by atoms with van der Waals surface area (Å²) in [5.41, 5.74) is 2.22. The minimum atomic E-state index is -3.82. The number of nitrogens with one attached hydrogen (secondary N) is 1. The summed E-state index contributed by atoms with van der Waals surface area (Å²) in [6.45, 7) is 4.28. The zero-order valence-corrected chi connectivity index (χ0v) is 16.7. The first-order valence-electron chi connectivity index (χ1n) is 8.98. The van der Waals surface area contributed by atoms with E-state index in [4.69, 9.17) is 4.52 Å². The molecule has 1 aliphatic rings. The highest BCUT2D eigenvalue weighted by atomic mass is 32.2. The lowest BCUT2D eigenvalue weighted by Gasteiger charge is -2.29. The van der Waals surface area contributed by atoms with Crippen LogP contribution in [-0.4, -0.2) is 40.9 Å². The third kappa shape index (κ3) is 3.97. The summed E-state index contributed by atoms with van der Waals surface area (Å²) in [6.07, 6.45) is 3.65. The van der Waals surface area contributed by atoms with E-state index in [1.807, 2.05) is 0 Å². The van der Waals surface area contributed by atoms with Crippen LogP contribution in [0.4, 0.5) is 5.82 Å². The Bertz CT molecular complexity index is 1170. The highest BCUT2D eigenvalue weighted by Crippen LogP contribution is 2.25. The van der Waals surface area contributed by atoms with E-state index < -0.39 is 10.0 Å². The summed E-state index contributed by atoms with van der Waals surface area (Å²) >= 11 is 0. The van der Waals surface area contributed by atoms with Gasteiger partial charge in [-0.25, -0.2) is 18.4 Å². The molecule has 9 nitrogen and oxygen atoms in total. The zero-order valence-electron chi connectivity index (χ0n) is 15.9. The van der Waals surface area contributed by atoms with Gasteiger partial charge in [-0.2, -0.15) is 0 Å². The maximum atomic E-state index is 12.7. The molecule has 3 aromatic rings. The molecular weight excluding hydrogens is 394 g/mol. The van der Waals surface area contributed by atoms with Crippen molar-refractivity contribution in [3.05, 3.63) is 64.9 Å². The van der Waals surface area contributed by atoms with Crippen LogP contribution in [0.5, 0.6) is 0 Å². The number of amides is 1. The van der Waals surface area contributed by atoms with Crippen LogP contribution in [0.3, 0.4) is 0 Å². The Kier molecular flexibility index (Phi) is 4.79. The van der Waals surface area contributed by atoms with E-state index >= 15 is 0 Å². The first-order valence-corrected chi connectivity index (χ1v) is 10.5. The number of aryl methyl sites for hydroxylation is 2. The Balaban J connectivity index is 1.56. The van der Waals surface area contributed by atoms with E-state index in [0.29, 0.717) is 36.7 Å². The number of sulfonamides is 1. The Morgan fingerprint density at radius 2 is 1.90 bits per heavy atom. The number of anilines is 1. The standard InChI is InChI=1S/C19H19N5O4S/c1-12-7-18(22-28-12)23-29(26,27)17-4-3-14-5-6-24(11-15(14)8-17)19(25)16-9-20-13(2)21-10-16/h3-4,7-10H,5-6,11H2,1-2H3,(H,22,23). The van der Waals surface area contributed by atoms with Gasteiger partial charge in [0.2, 0.25) is 0 Å². The topological polar surface area (TPSA) is 118 Å². The third-order valence-corrected chi connectivity index (χ3v) is 6.03. The number of nitrogens with zero attached hydrogens (tertiary/aromatic N) is 4. The normalized spacial score (nSPS) is 13.8. The van der Waals surface area contributed by atoms with Gasteiger partial charge >= 0.3 is 0 Å². The Morgan fingerprint density at radius 1 is 1.14 bits per heavy atom. The first kappa shape index (κ1) is 19.1. The number of rotatable bonds is 4. The largest absolute Gasteiger partial charge is 0.360 e. The smallest absolute Gasteiger partial charge is 0.263 e. The lowest BCUT2D eigenvalue weighted by molar-refractivity contribution is 0.0733. The second-order valence-electron chi connectivity index (χ2n) is 6.85. The molecule has 1 aliphatic heterocycles. The number of aromatic nitrogens is 3. The van der Waals surface area contributed by atoms with Crippen molar-refractivity contribution in [2.24, 2.45) is 0 Å². The minimum absolute atomic E-state index is 0.102. The van der Waals surface area contributed by atoms with Crippen molar-refractivity contribution in [2.75, 3.05) is 11.3 Å². The summed E-state index contributed by atoms with van der Waals surface area (Å²) in [5.74, 6) is 1.04. The second kappa shape index (κ2) is 7.28. The van der Waals surface area contributed by atoms with Crippen molar-refractivity contribution < 1.29 is 17.7 Å². The number of fused-ring (bicyclic) bond motifs is 1. The quantitative estimate of drug-likeness (QED) is 0.695. The van der Waals surface area contributed by atoms with Crippen LogP contribution in [-0.2, 0) is 23.0 Å². The SMILES string of the molecule is Cc1ncc(C(=O)N2CCc3ccc(S(=O)(=O)Nc4cc(C)on4)cc3C2)cn1. The van der Waals surface area contributed by atoms with Gasteiger partial charge < -0.3 is 9.42 Å². The molecule has 29 heavy (non-hydrogen) atoms. The number of hydrogen-bond acceptors (Lipinski definition) is 7. The molecule has 0 fully saturated rings. The fourth-order valence-corrected chi connectivity index (χ4v) is 4.20. The maximum absolute atomic E-state index is 12.7. The van der Waals surface area contributed by atoms with E-state index in [9.17, 15) is 13.2 Å². The molecule has 4 rings (SSSR count). The van der Waals surface area contributed by atoms with Crippen LogP contribution >= 0.6 is 0 Å². The minimum Gasteiger partial charge on any atom is -0.360 e. The van der Waals surface area contributed by atoms with Crippen LogP contribution < -0.4 is 4.72 Å². The molecule has 1 aromatic carbocycles. The molecule has 0 unspecified atom stereocenters. The second-order valence-corrected chi connectivity index (χ2v) is 8.54. The molecule has 0 saturated heterocycles. The van der Waals surface area contributed by atoms with Gasteiger partial charge in [0.15, 0.2) is 5.82 Å². The highest BCUT2D eigenvalue weighted by Gasteiger charge is 2.25. The van der Waals surface area contributed by atoms with E-state index in [1.165, 1.54) is 18.5 Å². The molecule has 0 spiro atoms. The van der Waals surface area contributed by atoms with Gasteiger partial charge in [0.1, 0.15) is 11.6 Å². The van der Waals surface area contributed by atoms with Crippen molar-refractivity contribution in [1.29, 1.82) is 0 Å². The lowest BCUT2D eigenvalue weighted by Crippen LogP contribution is -2.36. The van der Waals surface area contributed by atoms with Crippen molar-refractivity contribution in [3.8, 4) is 0 Å². The average Bonchev–Trinajstić information content (AvgIpc) is 3.11. The monoisotopic (exact) mass is 413 g/mol. The third-order valence-electron chi connectivity index (χ3n) is 4.68. The number of benzene rings is 1. The summed E-state index contributed by atoms with van der Waals surface area (Å²) in [7, 11) is -3.82. The zero-order chi connectivity index (χ0) is 20.6. The van der Waals surface area contributed by atoms with E-state index in [0.717, 1.165) is 11.1 Å². The number of carbonyl (C=O) groups excluding carboxylic acids is 1. The molecule has 0 radical (unpaired) electrons. The van der Waals surface area contributed by atoms with Gasteiger partial charge in [-0.3, -0.25) is 9.52 Å². The van der Waals surface area contributed by atoms with Crippen LogP contribution in [0, 0.1) is 13.8 Å². The van der Waals surface area contributed by atoms with Crippen LogP contribution in [0.15, 0.2) is 46.1 Å². The predicted octanol–water partition coefficient (Wildman–Crippen LogP) is 2.08. The molecule has 10 heteroatoms. The van der Waals surface area contributed by atoms with Crippen molar-refractivity contribution >= 4 is 21.7 Å². The summed E-state index contributed by atoms with van der Waals surface area (Å²) in [4.78, 5) is 22.6. The molecule has 3 heterocycles. The van der Waals surface area contributed by atoms with Gasteiger partial charge in [-0.1, -0.05) is 11.2 Å². The van der Waals surface area contributed by atoms with E-state index in [2.05, 4.69) is 19.8 Å². The van der Waals surface area contributed by atoms with Crippen LogP contribution in [0.25, 0.3) is 0 Å². The molecule has 0 saturated carbocycles. The predicted molar refractivity (Wildman–Crippen MR) is 104 cm³/mol. The summed E-state index contributed by atoms with van der Waals surface area (Å²) in [6, 6.07) is 6.43. The van der Waals surface area contributed by atoms with Gasteiger partial charge in [-0.05, 0) is 43.5 Å². The molecule has 1 amide bonds. The summed E-state index contributed by atoms with van der Waals surface area (Å²) in [5, 5.41) is 3.66. The highest BCUT2D eigenvalue weighted by molar-refractivity contribution is 7.92. The fraction of sp³-hybridized carbons (Fsp3) is 0.263. The number of carbonyl (C=O) groups is 1. The van der Waals surface area contributed by atoms with Gasteiger partial charge in [0.25, 0.3) is 15.9 Å². The first-order chi connectivity index (χ1) is 13.8. The number of hydrogen-bond donors (Lipinski definition) is 1. The molecule has 150 valence electrons. The maximum Gasteiger partial charge on any atom is 0.263 e. The van der Waals surface area contributed by atoms with Crippen molar-refractivity contribution in [3.63, 3.8) is 0 Å². The molecule has 0 bridgehead atoms. The van der Waals surface area contributed by atoms with E-state index in [1.54, 1.807) is 36.9 Å². The van der Waals surface area contributed by atoms with Crippen LogP contribution in [0.2, 0.25) is 0 Å². The average molecular weight is 413 g/mol. The Hall–Kier alpha value is -3.27. The Morgan fingerprint density at radius 3 is 2.59 bits per heavy atom. The molecular formula is C19H19N5O4S. The van der Waals surface area contributed by atoms with E-state index in [-0.39, 0.29) is 16.6 Å². The van der Waals surface area contributed by atoms with Crippen molar-refractivity contribution in [1.82, 2.24) is 20.0 Å². The molecule has 0 atom stereocenters. The van der Waals surface area contributed by atoms with Crippen LogP contribution in [0.1, 0.15) is 33.1 Å². The van der Waals surface area contributed by atoms with Gasteiger partial charge in [-0.15, -0.1) is 0 Å². The van der Waals surface area contributed by atoms with Gasteiger partial charge in [0, 0.05) is 31.5 Å². The fourth-order valence-electron chi connectivity index (χ4n) is 3.17. The van der Waals surface area contributed by atoms with Gasteiger partial charge in [0.05, 0.1) is 10.5 Å².